The summed E-state index contributed by atoms with van der Waals surface area (Å²) in [4.78, 5) is 0. The van der Waals surface area contributed by atoms with Crippen LogP contribution >= 0.6 is 0 Å². The molecule has 0 aromatic carbocycles. The molecule has 54 valence electrons. The van der Waals surface area contributed by atoms with E-state index in [1.54, 1.807) is 6.92 Å². The highest BCUT2D eigenvalue weighted by atomic mass is 13.2. The summed E-state index contributed by atoms with van der Waals surface area (Å²) >= 11 is 0. The highest BCUT2D eigenvalue weighted by Crippen LogP contribution is 1.21. The van der Waals surface area contributed by atoms with Gasteiger partial charge in [-0.2, -0.15) is 0 Å². The quantitative estimate of drug-likeness (QED) is 0.439. The first-order valence-corrected chi connectivity index (χ1v) is 1.08. The van der Waals surface area contributed by atoms with Crippen molar-refractivity contribution in [3.63, 3.8) is 0 Å². The maximum atomic E-state index is 5.74. The predicted octanol–water partition coefficient (Wildman–Crippen LogP) is 3.64. The molecular weight excluding hydrogens is 84.1 g/mol. The van der Waals surface area contributed by atoms with Gasteiger partial charge in [0.1, 0.15) is 1.37 Å². The topological polar surface area (TPSA) is 0 Å². The van der Waals surface area contributed by atoms with Crippen molar-refractivity contribution in [2.45, 2.75) is 21.8 Å². The van der Waals surface area contributed by atoms with Crippen molar-refractivity contribution in [1.82, 2.24) is 0 Å². The summed E-state index contributed by atoms with van der Waals surface area (Å²) in [5.41, 5.74) is 0. The highest BCUT2D eigenvalue weighted by Gasteiger charge is 1.09. The number of rotatable bonds is 0. The fourth-order valence-corrected chi connectivity index (χ4v) is 0. The Kier molecular flexibility index (Phi) is 3690. The van der Waals surface area contributed by atoms with Crippen LogP contribution in [0, 0.1) is 25.2 Å². The second-order valence-corrected chi connectivity index (χ2v) is 0.289. The molecule has 0 amide bonds. The smallest absolute Gasteiger partial charge is 0.124 e. The molecule has 0 aliphatic carbocycles. The lowest BCUT2D eigenvalue weighted by atomic mass is 10.9. The standard InChI is InChI=1S/C3H4.C2H2.2CH4.6H2/c1-3-2;1-2;;;;;;;;/h1H,2H3;1-2H;2*1H4;6*1H/i;1T;;;3*1+2T;3*1+2. The Balaban J connectivity index is -0.00000000425. The van der Waals surface area contributed by atoms with Crippen LogP contribution in [0.4, 0.5) is 0 Å². The molecule has 0 rings (SSSR count). The number of hydrogen-bond donors (Lipinski definition) is 0. The van der Waals surface area contributed by atoms with E-state index in [4.69, 9.17) is 10.3 Å². The zero-order valence-electron chi connectivity index (χ0n) is 10.2. The van der Waals surface area contributed by atoms with Gasteiger partial charge in [-0.25, -0.2) is 0 Å². The molecule has 0 saturated carbocycles. The van der Waals surface area contributed by atoms with Gasteiger partial charge in [0.2, 0.25) is 0 Å². The molecule has 0 atom stereocenters. The molecule has 0 fully saturated rings. The second-order valence-electron chi connectivity index (χ2n) is 0.289. The van der Waals surface area contributed by atoms with Crippen LogP contribution in [0.3, 0.4) is 0 Å². The third-order valence-corrected chi connectivity index (χ3v) is 0. The lowest BCUT2D eigenvalue weighted by Gasteiger charge is -1.23. The fraction of sp³-hybridized carbons (Fsp3) is 0.429. The van der Waals surface area contributed by atoms with Crippen molar-refractivity contribution in [3.05, 3.63) is 0 Å². The molecule has 0 aliphatic rings. The van der Waals surface area contributed by atoms with E-state index in [9.17, 15) is 0 Å². The average molecular weight is 130 g/mol. The third kappa shape index (κ3) is 64.4. The molecule has 0 nitrogen and oxygen atoms in total. The van der Waals surface area contributed by atoms with Crippen LogP contribution in [0.15, 0.2) is 0 Å². The van der Waals surface area contributed by atoms with Crippen LogP contribution in [-0.4, -0.2) is 0 Å². The molecule has 0 heteroatoms. The van der Waals surface area contributed by atoms with Gasteiger partial charge in [-0.1, -0.05) is 14.9 Å². The van der Waals surface area contributed by atoms with Gasteiger partial charge in [-0.05, 0) is 6.92 Å². The van der Waals surface area contributed by atoms with Crippen LogP contribution in [0.1, 0.15) is 36.3 Å². The van der Waals surface area contributed by atoms with Gasteiger partial charge in [-0.3, -0.25) is 0 Å². The zero-order valence-corrected chi connectivity index (χ0v) is 3.15. The fourth-order valence-electron chi connectivity index (χ4n) is 0. The van der Waals surface area contributed by atoms with E-state index < -0.39 is 0 Å². The van der Waals surface area contributed by atoms with Gasteiger partial charge >= 0.3 is 0 Å². The second kappa shape index (κ2) is 6040. The Morgan fingerprint density at radius 2 is 1.86 bits per heavy atom. The lowest BCUT2D eigenvalue weighted by molar-refractivity contribution is 1.94. The van der Waals surface area contributed by atoms with Gasteiger partial charge in [0.25, 0.3) is 0 Å². The van der Waals surface area contributed by atoms with Crippen LogP contribution in [0.25, 0.3) is 0 Å². The first-order chi connectivity index (χ1) is 5.83. The van der Waals surface area contributed by atoms with Gasteiger partial charge < -0.3 is 0 Å². The third-order valence-electron chi connectivity index (χ3n) is 0. The molecule has 0 heterocycles. The normalized spacial score (nSPS) is 5.86. The van der Waals surface area contributed by atoms with Crippen molar-refractivity contribution in [2.75, 3.05) is 0 Å². The minimum atomic E-state index is 0. The van der Waals surface area contributed by atoms with Crippen molar-refractivity contribution in [1.29, 1.82) is 0 Å². The average Bonchev–Trinajstić information content (AvgIpc) is 2.16. The maximum Gasteiger partial charge on any atom is 0.124 e. The monoisotopic (exact) mass is 130 g/mol. The summed E-state index contributed by atoms with van der Waals surface area (Å²) in [6, 6.07) is 0. The zero-order chi connectivity index (χ0) is 11.4. The number of terminal acetylenes is 2. The first-order valence-electron chi connectivity index (χ1n) is 4.58. The molecule has 0 aromatic heterocycles. The summed E-state index contributed by atoms with van der Waals surface area (Å²) in [6.07, 6.45) is 10.4. The Hall–Kier alpha value is -0.880. The molecular formula is C7H26. The van der Waals surface area contributed by atoms with E-state index in [0.717, 1.165) is 0 Å². The minimum Gasteiger partial charge on any atom is -0.124 e. The van der Waals surface area contributed by atoms with E-state index in [1.165, 1.54) is 6.40 Å². The lowest BCUT2D eigenvalue weighted by Crippen LogP contribution is -1.10. The van der Waals surface area contributed by atoms with Crippen molar-refractivity contribution in [3.8, 4) is 25.2 Å². The molecule has 0 N–H and O–H groups in total. The SMILES string of the molecule is C.C.C#CC.[3HH].[3HH].[3HH].[3H]C#C.[3H][3H].[3H][3H].[3H][3H]. The predicted molar refractivity (Wildman–Crippen MR) is 50.5 cm³/mol. The first kappa shape index (κ1) is 4.28. The molecule has 0 aromatic rings. The van der Waals surface area contributed by atoms with Gasteiger partial charge in [-0.15, -0.1) is 25.2 Å². The van der Waals surface area contributed by atoms with E-state index >= 15 is 0 Å². The number of hydrogen-bond acceptors (Lipinski definition) is 0. The Bertz CT molecular complexity index is 71.6. The van der Waals surface area contributed by atoms with Crippen LogP contribution in [0.5, 0.6) is 0 Å². The Morgan fingerprint density at radius 3 is 1.86 bits per heavy atom. The highest BCUT2D eigenvalue weighted by molar-refractivity contribution is 4.73. The van der Waals surface area contributed by atoms with Crippen LogP contribution < -0.4 is 0 Å². The van der Waals surface area contributed by atoms with E-state index in [0.29, 0.717) is 0 Å². The maximum absolute atomic E-state index is 5.74. The van der Waals surface area contributed by atoms with Gasteiger partial charge in [0.05, 0.1) is 0 Å². The summed E-state index contributed by atoms with van der Waals surface area (Å²) in [5.74, 6) is 2.25. The summed E-state index contributed by atoms with van der Waals surface area (Å²) in [6.45, 7) is 1.65. The molecule has 7 heavy (non-hydrogen) atoms. The van der Waals surface area contributed by atoms with Gasteiger partial charge in [0, 0.05) is 13.2 Å². The summed E-state index contributed by atoms with van der Waals surface area (Å²) in [5, 5.41) is 0. The van der Waals surface area contributed by atoms with Crippen LogP contribution in [0.2, 0.25) is 0 Å². The molecule has 0 bridgehead atoms. The van der Waals surface area contributed by atoms with Crippen molar-refractivity contribution >= 4 is 0 Å². The van der Waals surface area contributed by atoms with E-state index in [-0.39, 0.29) is 19.1 Å². The molecule has 0 aliphatic heterocycles. The van der Waals surface area contributed by atoms with Crippen molar-refractivity contribution < 1.29 is 14.6 Å². The van der Waals surface area contributed by atoms with Crippen molar-refractivity contribution in [2.24, 2.45) is 0 Å². The Morgan fingerprint density at radius 1 is 1.86 bits per heavy atom. The van der Waals surface area contributed by atoms with E-state index in [2.05, 4.69) is 18.8 Å². The van der Waals surface area contributed by atoms with Gasteiger partial charge in [0.15, 0.2) is 0 Å². The molecule has 0 saturated heterocycles. The molecule has 0 unspecified atom stereocenters. The molecule has 0 spiro atoms. The largest absolute Gasteiger partial charge is 0.124 e. The summed E-state index contributed by atoms with van der Waals surface area (Å²) < 4.78 is 35.7. The molecule has 0 radical (unpaired) electrons. The Labute approximate surface area is 63.1 Å². The van der Waals surface area contributed by atoms with Crippen LogP contribution in [-0.2, 0) is 0 Å². The summed E-state index contributed by atoms with van der Waals surface area (Å²) in [7, 11) is 0. The minimum absolute atomic E-state index is 0. The van der Waals surface area contributed by atoms with E-state index in [1.807, 2.05) is 0 Å².